The van der Waals surface area contributed by atoms with E-state index in [0.29, 0.717) is 0 Å². The molecule has 0 saturated heterocycles. The predicted molar refractivity (Wildman–Crippen MR) is 220 cm³/mol. The lowest BCUT2D eigenvalue weighted by molar-refractivity contribution is 0.666. The van der Waals surface area contributed by atoms with Gasteiger partial charge in [-0.15, -0.1) is 11.3 Å². The number of anilines is 3. The second-order valence-corrected chi connectivity index (χ2v) is 15.2. The van der Waals surface area contributed by atoms with Gasteiger partial charge < -0.3 is 4.90 Å². The maximum absolute atomic E-state index is 2.47. The van der Waals surface area contributed by atoms with Gasteiger partial charge in [0.2, 0.25) is 0 Å². The Morgan fingerprint density at radius 2 is 1.06 bits per heavy atom. The normalized spacial score (nSPS) is 13.1. The number of thiophene rings is 1. The molecular weight excluding hydrogens is 635 g/mol. The highest BCUT2D eigenvalue weighted by molar-refractivity contribution is 7.26. The van der Waals surface area contributed by atoms with Crippen LogP contribution in [0.5, 0.6) is 0 Å². The molecule has 0 bridgehead atoms. The molecule has 0 saturated carbocycles. The van der Waals surface area contributed by atoms with Gasteiger partial charge in [0.05, 0.1) is 5.69 Å². The van der Waals surface area contributed by atoms with Gasteiger partial charge in [-0.25, -0.2) is 0 Å². The first kappa shape index (κ1) is 29.9. The van der Waals surface area contributed by atoms with Gasteiger partial charge in [0.1, 0.15) is 0 Å². The van der Waals surface area contributed by atoms with Crippen LogP contribution in [0.4, 0.5) is 17.1 Å². The SMILES string of the molecule is CC1(C)c2ccccc2-c2c(N(c3ccc(-c4ccccc4)cc3)c3ccc(-c4cccc5c4sc4ccccc45)cc3)cc3ccccc3c21. The average Bonchev–Trinajstić information content (AvgIpc) is 3.68. The summed E-state index contributed by atoms with van der Waals surface area (Å²) in [7, 11) is 0. The second kappa shape index (κ2) is 11.6. The maximum atomic E-state index is 2.47. The summed E-state index contributed by atoms with van der Waals surface area (Å²) in [5.41, 5.74) is 13.7. The summed E-state index contributed by atoms with van der Waals surface area (Å²) in [4.78, 5) is 2.47. The van der Waals surface area contributed by atoms with Gasteiger partial charge in [0.15, 0.2) is 0 Å². The van der Waals surface area contributed by atoms with Crippen LogP contribution in [0, 0.1) is 0 Å². The molecule has 1 aliphatic carbocycles. The minimum Gasteiger partial charge on any atom is -0.310 e. The van der Waals surface area contributed by atoms with Crippen molar-refractivity contribution in [3.63, 3.8) is 0 Å². The predicted octanol–water partition coefficient (Wildman–Crippen LogP) is 14.3. The van der Waals surface area contributed by atoms with Crippen LogP contribution in [0.3, 0.4) is 0 Å². The number of hydrogen-bond donors (Lipinski definition) is 0. The highest BCUT2D eigenvalue weighted by Crippen LogP contribution is 2.56. The van der Waals surface area contributed by atoms with E-state index in [9.17, 15) is 0 Å². The van der Waals surface area contributed by atoms with Crippen molar-refractivity contribution >= 4 is 59.3 Å². The largest absolute Gasteiger partial charge is 0.310 e. The van der Waals surface area contributed by atoms with Crippen molar-refractivity contribution in [3.05, 3.63) is 187 Å². The van der Waals surface area contributed by atoms with Crippen LogP contribution in [0.15, 0.2) is 176 Å². The topological polar surface area (TPSA) is 3.24 Å². The van der Waals surface area contributed by atoms with Crippen LogP contribution >= 0.6 is 11.3 Å². The smallest absolute Gasteiger partial charge is 0.0549 e. The van der Waals surface area contributed by atoms with Crippen molar-refractivity contribution in [2.75, 3.05) is 4.90 Å². The second-order valence-electron chi connectivity index (χ2n) is 14.1. The third-order valence-corrected chi connectivity index (χ3v) is 12.1. The first-order valence-corrected chi connectivity index (χ1v) is 18.5. The van der Waals surface area contributed by atoms with Crippen molar-refractivity contribution in [2.45, 2.75) is 19.3 Å². The fourth-order valence-corrected chi connectivity index (χ4v) is 9.68. The monoisotopic (exact) mass is 669 g/mol. The number of hydrogen-bond acceptors (Lipinski definition) is 2. The Bertz CT molecular complexity index is 2750. The van der Waals surface area contributed by atoms with E-state index in [1.54, 1.807) is 0 Å². The molecule has 0 atom stereocenters. The molecule has 1 aromatic heterocycles. The van der Waals surface area contributed by atoms with Gasteiger partial charge >= 0.3 is 0 Å². The zero-order valence-electron chi connectivity index (χ0n) is 28.6. The van der Waals surface area contributed by atoms with Crippen LogP contribution in [-0.4, -0.2) is 0 Å². The number of benzene rings is 8. The van der Waals surface area contributed by atoms with Gasteiger partial charge in [-0.2, -0.15) is 0 Å². The van der Waals surface area contributed by atoms with E-state index < -0.39 is 0 Å². The summed E-state index contributed by atoms with van der Waals surface area (Å²) in [6.45, 7) is 4.77. The fourth-order valence-electron chi connectivity index (χ4n) is 8.44. The molecule has 0 fully saturated rings. The fraction of sp³-hybridized carbons (Fsp3) is 0.0612. The molecule has 1 nitrogen and oxygen atoms in total. The van der Waals surface area contributed by atoms with Crippen molar-refractivity contribution in [3.8, 4) is 33.4 Å². The molecule has 1 heterocycles. The number of rotatable bonds is 5. The van der Waals surface area contributed by atoms with Crippen LogP contribution in [0.25, 0.3) is 64.3 Å². The average molecular weight is 670 g/mol. The highest BCUT2D eigenvalue weighted by Gasteiger charge is 2.39. The molecule has 8 aromatic carbocycles. The Morgan fingerprint density at radius 1 is 0.471 bits per heavy atom. The maximum Gasteiger partial charge on any atom is 0.0549 e. The zero-order valence-corrected chi connectivity index (χ0v) is 29.4. The van der Waals surface area contributed by atoms with E-state index in [4.69, 9.17) is 0 Å². The molecule has 0 N–H and O–H groups in total. The molecule has 0 aliphatic heterocycles. The van der Waals surface area contributed by atoms with Gasteiger partial charge in [0, 0.05) is 42.5 Å². The zero-order chi connectivity index (χ0) is 34.1. The Labute approximate surface area is 302 Å². The van der Waals surface area contributed by atoms with Gasteiger partial charge in [-0.1, -0.05) is 153 Å². The minimum atomic E-state index is -0.142. The van der Waals surface area contributed by atoms with E-state index >= 15 is 0 Å². The molecule has 10 rings (SSSR count). The van der Waals surface area contributed by atoms with Gasteiger partial charge in [-0.05, 0) is 86.1 Å². The van der Waals surface area contributed by atoms with Crippen LogP contribution < -0.4 is 4.90 Å². The molecule has 2 heteroatoms. The molecule has 0 spiro atoms. The molecule has 9 aromatic rings. The van der Waals surface area contributed by atoms with E-state index in [1.165, 1.54) is 81.1 Å². The molecule has 242 valence electrons. The van der Waals surface area contributed by atoms with E-state index in [-0.39, 0.29) is 5.41 Å². The third kappa shape index (κ3) is 4.67. The van der Waals surface area contributed by atoms with E-state index in [2.05, 4.69) is 195 Å². The Balaban J connectivity index is 1.19. The van der Waals surface area contributed by atoms with Crippen molar-refractivity contribution < 1.29 is 0 Å². The molecule has 0 radical (unpaired) electrons. The lowest BCUT2D eigenvalue weighted by atomic mass is 9.80. The molecule has 1 aliphatic rings. The first-order valence-electron chi connectivity index (χ1n) is 17.7. The lowest BCUT2D eigenvalue weighted by Gasteiger charge is -2.30. The molecule has 0 amide bonds. The van der Waals surface area contributed by atoms with Crippen molar-refractivity contribution in [1.29, 1.82) is 0 Å². The summed E-state index contributed by atoms with van der Waals surface area (Å²) in [5, 5.41) is 5.23. The van der Waals surface area contributed by atoms with Gasteiger partial charge in [-0.3, -0.25) is 0 Å². The van der Waals surface area contributed by atoms with Crippen molar-refractivity contribution in [1.82, 2.24) is 0 Å². The Hall–Kier alpha value is -5.96. The van der Waals surface area contributed by atoms with E-state index in [0.717, 1.165) is 11.4 Å². The Morgan fingerprint density at radius 3 is 1.84 bits per heavy atom. The highest BCUT2D eigenvalue weighted by atomic mass is 32.1. The van der Waals surface area contributed by atoms with Crippen LogP contribution in [-0.2, 0) is 5.41 Å². The minimum absolute atomic E-state index is 0.142. The summed E-state index contributed by atoms with van der Waals surface area (Å²) in [5.74, 6) is 0. The van der Waals surface area contributed by atoms with E-state index in [1.807, 2.05) is 11.3 Å². The molecular formula is C49H35NS. The van der Waals surface area contributed by atoms with Gasteiger partial charge in [0.25, 0.3) is 0 Å². The molecule has 51 heavy (non-hydrogen) atoms. The standard InChI is InChI=1S/C49H35NS/c1-49(2)43-21-10-8-18-42(43)46-44(31-35-15-6-7-16-38(35)47(46)49)50(36-27-23-33(24-28-36)32-13-4-3-5-14-32)37-29-25-34(26-30-37)39-19-12-20-41-40-17-9-11-22-45(40)51-48(39)41/h3-31H,1-2H3. The summed E-state index contributed by atoms with van der Waals surface area (Å²) in [6.07, 6.45) is 0. The first-order chi connectivity index (χ1) is 25.1. The Kier molecular flexibility index (Phi) is 6.78. The van der Waals surface area contributed by atoms with Crippen LogP contribution in [0.2, 0.25) is 0 Å². The lowest BCUT2D eigenvalue weighted by Crippen LogP contribution is -2.16. The number of fused-ring (bicyclic) bond motifs is 8. The third-order valence-electron chi connectivity index (χ3n) is 10.8. The summed E-state index contributed by atoms with van der Waals surface area (Å²) in [6, 6.07) is 64.7. The molecule has 0 unspecified atom stereocenters. The summed E-state index contributed by atoms with van der Waals surface area (Å²) >= 11 is 1.88. The quantitative estimate of drug-likeness (QED) is 0.176. The van der Waals surface area contributed by atoms with Crippen LogP contribution in [0.1, 0.15) is 25.0 Å². The van der Waals surface area contributed by atoms with Crippen molar-refractivity contribution in [2.24, 2.45) is 0 Å². The number of nitrogens with zero attached hydrogens (tertiary/aromatic N) is 1. The summed E-state index contributed by atoms with van der Waals surface area (Å²) < 4.78 is 2.67.